The van der Waals surface area contributed by atoms with Crippen LogP contribution in [0.2, 0.25) is 0 Å². The molecule has 0 fully saturated rings. The highest BCUT2D eigenvalue weighted by Gasteiger charge is 1.47. The van der Waals surface area contributed by atoms with Gasteiger partial charge in [-0.05, 0) is 6.92 Å². The van der Waals surface area contributed by atoms with Gasteiger partial charge >= 0.3 is 0 Å². The fraction of sp³-hybridized carbons (Fsp3) is 0.500. The highest BCUT2D eigenvalue weighted by atomic mass is 35.5. The molecule has 0 saturated carbocycles. The number of hydrogen-bond donors (Lipinski definition) is 0. The first kappa shape index (κ1) is 9.27. The molecule has 38 valence electrons. The molecule has 0 bridgehead atoms. The van der Waals surface area contributed by atoms with E-state index in [1.807, 2.05) is 13.0 Å². The lowest BCUT2D eigenvalue weighted by Gasteiger charge is -1.76. The Hall–Kier alpha value is -0.170. The third-order valence-corrected chi connectivity index (χ3v) is 0.272. The van der Waals surface area contributed by atoms with Crippen LogP contribution in [0.25, 0.3) is 0 Å². The van der Waals surface area contributed by atoms with E-state index in [4.69, 9.17) is 0 Å². The van der Waals surface area contributed by atoms with Gasteiger partial charge in [-0.2, -0.15) is 0 Å². The zero-order chi connectivity index (χ0) is 4.12. The van der Waals surface area contributed by atoms with Crippen molar-refractivity contribution in [2.75, 3.05) is 7.11 Å². The highest BCUT2D eigenvalue weighted by molar-refractivity contribution is 5.85. The van der Waals surface area contributed by atoms with Crippen molar-refractivity contribution in [3.63, 3.8) is 0 Å². The van der Waals surface area contributed by atoms with Gasteiger partial charge in [0.05, 0.1) is 13.4 Å². The molecule has 0 aromatic rings. The minimum Gasteiger partial charge on any atom is -0.505 e. The minimum absolute atomic E-state index is 0. The van der Waals surface area contributed by atoms with Crippen LogP contribution in [0.4, 0.5) is 0 Å². The molecule has 1 nitrogen and oxygen atoms in total. The maximum Gasteiger partial charge on any atom is 0.0781 e. The molecule has 6 heavy (non-hydrogen) atoms. The Labute approximate surface area is 44.4 Å². The Morgan fingerprint density at radius 3 is 2.00 bits per heavy atom. The maximum atomic E-state index is 4.51. The van der Waals surface area contributed by atoms with E-state index in [0.29, 0.717) is 0 Å². The van der Waals surface area contributed by atoms with Crippen molar-refractivity contribution >= 4 is 12.4 Å². The Balaban J connectivity index is 0. The largest absolute Gasteiger partial charge is 0.505 e. The molecular weight excluding hydrogens is 99.5 g/mol. The molecule has 0 amide bonds. The maximum absolute atomic E-state index is 4.51. The molecule has 0 aliphatic rings. The van der Waals surface area contributed by atoms with Crippen molar-refractivity contribution in [1.29, 1.82) is 0 Å². The molecule has 0 rings (SSSR count). The van der Waals surface area contributed by atoms with Crippen molar-refractivity contribution in [1.82, 2.24) is 0 Å². The molecule has 0 saturated heterocycles. The summed E-state index contributed by atoms with van der Waals surface area (Å²) in [7, 11) is 1.62. The Morgan fingerprint density at radius 2 is 2.00 bits per heavy atom. The van der Waals surface area contributed by atoms with Gasteiger partial charge in [-0.25, -0.2) is 0 Å². The van der Waals surface area contributed by atoms with Crippen LogP contribution in [-0.4, -0.2) is 7.11 Å². The summed E-state index contributed by atoms with van der Waals surface area (Å²) < 4.78 is 4.51. The predicted molar refractivity (Wildman–Crippen MR) is 29.1 cm³/mol. The molecule has 0 N–H and O–H groups in total. The van der Waals surface area contributed by atoms with Gasteiger partial charge in [0, 0.05) is 0 Å². The van der Waals surface area contributed by atoms with E-state index in [9.17, 15) is 0 Å². The lowest BCUT2D eigenvalue weighted by molar-refractivity contribution is 0.337. The molecule has 0 aromatic heterocycles. The molecule has 0 radical (unpaired) electrons. The highest BCUT2D eigenvalue weighted by Crippen LogP contribution is 1.64. The van der Waals surface area contributed by atoms with Gasteiger partial charge in [-0.15, -0.1) is 12.4 Å². The summed E-state index contributed by atoms with van der Waals surface area (Å²) >= 11 is 0. The van der Waals surface area contributed by atoms with Crippen LogP contribution in [0, 0.1) is 0 Å². The second-order valence-electron chi connectivity index (χ2n) is 0.705. The summed E-state index contributed by atoms with van der Waals surface area (Å²) in [5.74, 6) is 0. The zero-order valence-corrected chi connectivity index (χ0v) is 4.79. The van der Waals surface area contributed by atoms with Crippen molar-refractivity contribution in [3.8, 4) is 0 Å². The average molecular weight is 109 g/mol. The van der Waals surface area contributed by atoms with Crippen LogP contribution >= 0.6 is 12.4 Å². The second-order valence-corrected chi connectivity index (χ2v) is 0.705. The van der Waals surface area contributed by atoms with Gasteiger partial charge in [0.15, 0.2) is 0 Å². The molecule has 0 aliphatic carbocycles. The molecular formula is C4H9ClO. The SMILES string of the molecule is CC=COC.Cl. The third kappa shape index (κ3) is 9.16. The molecule has 0 unspecified atom stereocenters. The topological polar surface area (TPSA) is 9.23 Å². The van der Waals surface area contributed by atoms with E-state index in [-0.39, 0.29) is 12.4 Å². The summed E-state index contributed by atoms with van der Waals surface area (Å²) in [5.41, 5.74) is 0. The first-order chi connectivity index (χ1) is 2.41. The summed E-state index contributed by atoms with van der Waals surface area (Å²) in [6, 6.07) is 0. The van der Waals surface area contributed by atoms with Gasteiger partial charge in [0.1, 0.15) is 0 Å². The summed E-state index contributed by atoms with van der Waals surface area (Å²) in [4.78, 5) is 0. The van der Waals surface area contributed by atoms with Crippen molar-refractivity contribution in [2.45, 2.75) is 6.92 Å². The van der Waals surface area contributed by atoms with Gasteiger partial charge in [0.25, 0.3) is 0 Å². The molecule has 0 atom stereocenters. The molecule has 2 heteroatoms. The molecule has 0 spiro atoms. The second kappa shape index (κ2) is 8.85. The van der Waals surface area contributed by atoms with Gasteiger partial charge in [-0.1, -0.05) is 6.08 Å². The van der Waals surface area contributed by atoms with Crippen LogP contribution in [0.5, 0.6) is 0 Å². The standard InChI is InChI=1S/C4H8O.ClH/c1-3-4-5-2;/h3-4H,1-2H3;1H. The van der Waals surface area contributed by atoms with E-state index in [1.54, 1.807) is 13.4 Å². The van der Waals surface area contributed by atoms with Crippen molar-refractivity contribution < 1.29 is 4.74 Å². The number of halogens is 1. The fourth-order valence-corrected chi connectivity index (χ4v) is 0.136. The number of methoxy groups -OCH3 is 1. The van der Waals surface area contributed by atoms with Crippen LogP contribution < -0.4 is 0 Å². The average Bonchev–Trinajstić information content (AvgIpc) is 1.41. The van der Waals surface area contributed by atoms with E-state index in [0.717, 1.165) is 0 Å². The Kier molecular flexibility index (Phi) is 13.7. The Bertz CT molecular complexity index is 34.5. The normalized spacial score (nSPS) is 7.67. The van der Waals surface area contributed by atoms with Gasteiger partial charge in [0.2, 0.25) is 0 Å². The summed E-state index contributed by atoms with van der Waals surface area (Å²) in [6.07, 6.45) is 3.46. The minimum atomic E-state index is 0. The number of allylic oxidation sites excluding steroid dienone is 1. The lowest BCUT2D eigenvalue weighted by Crippen LogP contribution is -1.57. The lowest BCUT2D eigenvalue weighted by atomic mass is 10.7. The Morgan fingerprint density at radius 1 is 1.50 bits per heavy atom. The van der Waals surface area contributed by atoms with Crippen LogP contribution in [0.15, 0.2) is 12.3 Å². The fourth-order valence-electron chi connectivity index (χ4n) is 0.136. The smallest absolute Gasteiger partial charge is 0.0781 e. The van der Waals surface area contributed by atoms with E-state index in [2.05, 4.69) is 4.74 Å². The third-order valence-electron chi connectivity index (χ3n) is 0.272. The number of hydrogen-bond acceptors (Lipinski definition) is 1. The monoisotopic (exact) mass is 108 g/mol. The van der Waals surface area contributed by atoms with Crippen molar-refractivity contribution in [2.24, 2.45) is 0 Å². The van der Waals surface area contributed by atoms with Crippen molar-refractivity contribution in [3.05, 3.63) is 12.3 Å². The van der Waals surface area contributed by atoms with Crippen LogP contribution in [-0.2, 0) is 4.74 Å². The first-order valence-electron chi connectivity index (χ1n) is 1.55. The molecule has 0 heterocycles. The van der Waals surface area contributed by atoms with E-state index < -0.39 is 0 Å². The van der Waals surface area contributed by atoms with E-state index in [1.165, 1.54) is 0 Å². The predicted octanol–water partition coefficient (Wildman–Crippen LogP) is 1.59. The number of ether oxygens (including phenoxy) is 1. The van der Waals surface area contributed by atoms with Crippen LogP contribution in [0.3, 0.4) is 0 Å². The number of rotatable bonds is 1. The van der Waals surface area contributed by atoms with Gasteiger partial charge in [-0.3, -0.25) is 0 Å². The summed E-state index contributed by atoms with van der Waals surface area (Å²) in [5, 5.41) is 0. The quantitative estimate of drug-likeness (QED) is 0.464. The first-order valence-corrected chi connectivity index (χ1v) is 1.55. The van der Waals surface area contributed by atoms with Crippen LogP contribution in [0.1, 0.15) is 6.92 Å². The zero-order valence-electron chi connectivity index (χ0n) is 3.97. The van der Waals surface area contributed by atoms with E-state index >= 15 is 0 Å². The molecule has 0 aromatic carbocycles. The molecule has 0 aliphatic heterocycles. The van der Waals surface area contributed by atoms with Gasteiger partial charge < -0.3 is 4.74 Å². The summed E-state index contributed by atoms with van der Waals surface area (Å²) in [6.45, 7) is 1.91.